The van der Waals surface area contributed by atoms with Gasteiger partial charge in [-0.15, -0.1) is 0 Å². The van der Waals surface area contributed by atoms with Crippen molar-refractivity contribution in [1.82, 2.24) is 10.6 Å². The molecular weight excluding hydrogens is 254 g/mol. The minimum Gasteiger partial charge on any atom is -0.387 e. The van der Waals surface area contributed by atoms with Crippen LogP contribution >= 0.6 is 0 Å². The van der Waals surface area contributed by atoms with Gasteiger partial charge in [-0.3, -0.25) is 9.59 Å². The van der Waals surface area contributed by atoms with Crippen LogP contribution in [0.25, 0.3) is 0 Å². The third-order valence-corrected chi connectivity index (χ3v) is 2.98. The van der Waals surface area contributed by atoms with E-state index >= 15 is 0 Å². The highest BCUT2D eigenvalue weighted by molar-refractivity contribution is 6.01. The molecule has 110 valence electrons. The molecule has 5 nitrogen and oxygen atoms in total. The molecule has 5 heteroatoms. The minimum atomic E-state index is -0.556. The monoisotopic (exact) mass is 277 g/mol. The molecular formula is C15H23N3O2. The zero-order valence-corrected chi connectivity index (χ0v) is 12.5. The van der Waals surface area contributed by atoms with E-state index in [0.29, 0.717) is 12.1 Å². The lowest BCUT2D eigenvalue weighted by Crippen LogP contribution is -2.45. The molecule has 0 fully saturated rings. The molecule has 0 aliphatic rings. The van der Waals surface area contributed by atoms with Crippen LogP contribution in [-0.2, 0) is 4.79 Å². The van der Waals surface area contributed by atoms with Crippen LogP contribution in [0.15, 0.2) is 18.2 Å². The second-order valence-electron chi connectivity index (χ2n) is 4.79. The minimum absolute atomic E-state index is 0.168. The normalized spacial score (nSPS) is 11.6. The average molecular weight is 277 g/mol. The molecule has 0 radical (unpaired) electrons. The second kappa shape index (κ2) is 7.53. The molecule has 0 heterocycles. The predicted octanol–water partition coefficient (Wildman–Crippen LogP) is 1.68. The number of carbonyl (C=O) groups excluding carboxylic acids is 2. The first kappa shape index (κ1) is 16.0. The fourth-order valence-electron chi connectivity index (χ4n) is 1.81. The summed E-state index contributed by atoms with van der Waals surface area (Å²) in [4.78, 5) is 24.0. The van der Waals surface area contributed by atoms with Crippen molar-refractivity contribution >= 4 is 17.5 Å². The van der Waals surface area contributed by atoms with Crippen molar-refractivity contribution in [3.05, 3.63) is 29.3 Å². The van der Waals surface area contributed by atoms with Crippen LogP contribution in [0.1, 0.15) is 36.2 Å². The molecule has 2 amide bonds. The van der Waals surface area contributed by atoms with Crippen molar-refractivity contribution in [2.24, 2.45) is 0 Å². The highest BCUT2D eigenvalue weighted by Gasteiger charge is 2.18. The van der Waals surface area contributed by atoms with Gasteiger partial charge in [0.25, 0.3) is 5.91 Å². The maximum absolute atomic E-state index is 12.2. The lowest BCUT2D eigenvalue weighted by Gasteiger charge is -2.15. The Morgan fingerprint density at radius 2 is 2.00 bits per heavy atom. The van der Waals surface area contributed by atoms with Gasteiger partial charge < -0.3 is 16.0 Å². The molecule has 1 aromatic carbocycles. The van der Waals surface area contributed by atoms with Gasteiger partial charge in [0.05, 0.1) is 5.56 Å². The molecule has 1 aromatic rings. The van der Waals surface area contributed by atoms with Crippen molar-refractivity contribution in [2.45, 2.75) is 33.2 Å². The van der Waals surface area contributed by atoms with E-state index in [0.717, 1.165) is 17.7 Å². The van der Waals surface area contributed by atoms with Gasteiger partial charge in [0.2, 0.25) is 5.91 Å². The van der Waals surface area contributed by atoms with Gasteiger partial charge in [-0.25, -0.2) is 0 Å². The van der Waals surface area contributed by atoms with Gasteiger partial charge in [0.15, 0.2) is 0 Å². The number of hydrogen-bond acceptors (Lipinski definition) is 3. The lowest BCUT2D eigenvalue weighted by atomic mass is 10.1. The van der Waals surface area contributed by atoms with E-state index in [4.69, 9.17) is 0 Å². The third-order valence-electron chi connectivity index (χ3n) is 2.98. The molecule has 0 saturated carbocycles. The SMILES string of the molecule is CCCNC(=O)C(C)NC(=O)c1cc(C)ccc1NC. The Morgan fingerprint density at radius 3 is 2.60 bits per heavy atom. The van der Waals surface area contributed by atoms with Gasteiger partial charge in [0.1, 0.15) is 6.04 Å². The molecule has 0 aromatic heterocycles. The van der Waals surface area contributed by atoms with Crippen LogP contribution in [0.5, 0.6) is 0 Å². The summed E-state index contributed by atoms with van der Waals surface area (Å²) in [6.07, 6.45) is 0.869. The van der Waals surface area contributed by atoms with Crippen LogP contribution in [0.3, 0.4) is 0 Å². The van der Waals surface area contributed by atoms with E-state index in [1.165, 1.54) is 0 Å². The molecule has 0 spiro atoms. The molecule has 1 atom stereocenters. The van der Waals surface area contributed by atoms with Crippen molar-refractivity contribution in [2.75, 3.05) is 18.9 Å². The molecule has 0 aliphatic heterocycles. The summed E-state index contributed by atoms with van der Waals surface area (Å²) in [6, 6.07) is 5.03. The number of carbonyl (C=O) groups is 2. The summed E-state index contributed by atoms with van der Waals surface area (Å²) >= 11 is 0. The first-order chi connectivity index (χ1) is 9.49. The number of nitrogens with one attached hydrogen (secondary N) is 3. The molecule has 20 heavy (non-hydrogen) atoms. The third kappa shape index (κ3) is 4.26. The van der Waals surface area contributed by atoms with Gasteiger partial charge in [-0.1, -0.05) is 18.6 Å². The maximum atomic E-state index is 12.2. The number of aryl methyl sites for hydroxylation is 1. The highest BCUT2D eigenvalue weighted by Crippen LogP contribution is 2.16. The fraction of sp³-hybridized carbons (Fsp3) is 0.467. The Morgan fingerprint density at radius 1 is 1.30 bits per heavy atom. The summed E-state index contributed by atoms with van der Waals surface area (Å²) in [5, 5.41) is 8.45. The first-order valence-corrected chi connectivity index (χ1v) is 6.86. The van der Waals surface area contributed by atoms with Gasteiger partial charge in [-0.2, -0.15) is 0 Å². The smallest absolute Gasteiger partial charge is 0.254 e. The fourth-order valence-corrected chi connectivity index (χ4v) is 1.81. The van der Waals surface area contributed by atoms with Gasteiger partial charge in [0, 0.05) is 19.3 Å². The quantitative estimate of drug-likeness (QED) is 0.741. The first-order valence-electron chi connectivity index (χ1n) is 6.86. The zero-order chi connectivity index (χ0) is 15.1. The van der Waals surface area contributed by atoms with E-state index < -0.39 is 6.04 Å². The summed E-state index contributed by atoms with van der Waals surface area (Å²) in [7, 11) is 1.76. The maximum Gasteiger partial charge on any atom is 0.254 e. The number of amides is 2. The van der Waals surface area contributed by atoms with E-state index in [-0.39, 0.29) is 11.8 Å². The van der Waals surface area contributed by atoms with Crippen LogP contribution in [0.2, 0.25) is 0 Å². The standard InChI is InChI=1S/C15H23N3O2/c1-5-8-17-14(19)11(3)18-15(20)12-9-10(2)6-7-13(12)16-4/h6-7,9,11,16H,5,8H2,1-4H3,(H,17,19)(H,18,20). The van der Waals surface area contributed by atoms with Crippen molar-refractivity contribution < 1.29 is 9.59 Å². The highest BCUT2D eigenvalue weighted by atomic mass is 16.2. The topological polar surface area (TPSA) is 70.2 Å². The Hall–Kier alpha value is -2.04. The number of hydrogen-bond donors (Lipinski definition) is 3. The average Bonchev–Trinajstić information content (AvgIpc) is 2.44. The Balaban J connectivity index is 2.75. The molecule has 3 N–H and O–H groups in total. The van der Waals surface area contributed by atoms with Gasteiger partial charge in [-0.05, 0) is 32.4 Å². The molecule has 1 rings (SSSR count). The molecule has 0 saturated heterocycles. The van der Waals surface area contributed by atoms with Crippen LogP contribution in [-0.4, -0.2) is 31.4 Å². The van der Waals surface area contributed by atoms with Crippen molar-refractivity contribution in [1.29, 1.82) is 0 Å². The van der Waals surface area contributed by atoms with Crippen LogP contribution in [0, 0.1) is 6.92 Å². The Bertz CT molecular complexity index is 486. The predicted molar refractivity (Wildman–Crippen MR) is 81.0 cm³/mol. The summed E-state index contributed by atoms with van der Waals surface area (Å²) in [6.45, 7) is 6.20. The van der Waals surface area contributed by atoms with E-state index in [1.54, 1.807) is 20.0 Å². The largest absolute Gasteiger partial charge is 0.387 e. The summed E-state index contributed by atoms with van der Waals surface area (Å²) < 4.78 is 0. The Labute approximate surface area is 120 Å². The van der Waals surface area contributed by atoms with Gasteiger partial charge >= 0.3 is 0 Å². The molecule has 0 bridgehead atoms. The lowest BCUT2D eigenvalue weighted by molar-refractivity contribution is -0.122. The van der Waals surface area contributed by atoms with E-state index in [2.05, 4.69) is 16.0 Å². The zero-order valence-electron chi connectivity index (χ0n) is 12.5. The summed E-state index contributed by atoms with van der Waals surface area (Å²) in [5.74, 6) is -0.420. The Kier molecular flexibility index (Phi) is 6.03. The second-order valence-corrected chi connectivity index (χ2v) is 4.79. The van der Waals surface area contributed by atoms with Crippen molar-refractivity contribution in [3.63, 3.8) is 0 Å². The summed E-state index contributed by atoms with van der Waals surface area (Å²) in [5.41, 5.74) is 2.29. The van der Waals surface area contributed by atoms with E-state index in [9.17, 15) is 9.59 Å². The van der Waals surface area contributed by atoms with Crippen LogP contribution in [0.4, 0.5) is 5.69 Å². The van der Waals surface area contributed by atoms with Crippen molar-refractivity contribution in [3.8, 4) is 0 Å². The van der Waals surface area contributed by atoms with E-state index in [1.807, 2.05) is 26.0 Å². The number of benzene rings is 1. The molecule has 1 unspecified atom stereocenters. The molecule has 0 aliphatic carbocycles. The number of anilines is 1. The van der Waals surface area contributed by atoms with Crippen LogP contribution < -0.4 is 16.0 Å². The number of rotatable bonds is 6.